The summed E-state index contributed by atoms with van der Waals surface area (Å²) in [5.41, 5.74) is -0.400. The summed E-state index contributed by atoms with van der Waals surface area (Å²) in [6.45, 7) is 0. The normalized spacial score (nSPS) is 10.6. The summed E-state index contributed by atoms with van der Waals surface area (Å²) in [6, 6.07) is 1.29. The molecule has 0 saturated heterocycles. The van der Waals surface area contributed by atoms with E-state index in [1.165, 1.54) is 17.4 Å². The highest BCUT2D eigenvalue weighted by atomic mass is 32.1. The van der Waals surface area contributed by atoms with Crippen LogP contribution in [0, 0.1) is 0 Å². The van der Waals surface area contributed by atoms with Crippen LogP contribution in [0.2, 0.25) is 0 Å². The van der Waals surface area contributed by atoms with Crippen LogP contribution in [-0.4, -0.2) is 35.1 Å². The van der Waals surface area contributed by atoms with Gasteiger partial charge in [0, 0.05) is 14.1 Å². The van der Waals surface area contributed by atoms with Crippen molar-refractivity contribution in [2.24, 2.45) is 0 Å². The lowest BCUT2D eigenvalue weighted by Gasteiger charge is -2.04. The first-order valence-corrected chi connectivity index (χ1v) is 5.25. The maximum atomic E-state index is 11.4. The van der Waals surface area contributed by atoms with Crippen LogP contribution in [0.3, 0.4) is 0 Å². The number of fused-ring (bicyclic) bond motifs is 1. The number of carboxylic acid groups (broad SMARTS) is 1. The summed E-state index contributed by atoms with van der Waals surface area (Å²) in [7, 11) is 3.65. The van der Waals surface area contributed by atoms with Gasteiger partial charge in [-0.25, -0.2) is 9.78 Å². The molecule has 0 aliphatic rings. The van der Waals surface area contributed by atoms with Gasteiger partial charge in [-0.15, -0.1) is 0 Å². The Morgan fingerprint density at radius 1 is 1.56 bits per heavy atom. The van der Waals surface area contributed by atoms with Gasteiger partial charge >= 0.3 is 5.97 Å². The zero-order valence-electron chi connectivity index (χ0n) is 8.64. The van der Waals surface area contributed by atoms with E-state index < -0.39 is 11.5 Å². The van der Waals surface area contributed by atoms with Crippen molar-refractivity contribution in [1.29, 1.82) is 0 Å². The second kappa shape index (κ2) is 3.60. The minimum Gasteiger partial charge on any atom is -0.477 e. The molecule has 2 aromatic rings. The molecule has 84 valence electrons. The van der Waals surface area contributed by atoms with Gasteiger partial charge in [-0.05, 0) is 6.07 Å². The van der Waals surface area contributed by atoms with E-state index in [4.69, 9.17) is 5.11 Å². The third kappa shape index (κ3) is 1.65. The molecule has 0 aromatic carbocycles. The molecular formula is C9H9N3O3S. The van der Waals surface area contributed by atoms with E-state index in [1.807, 2.05) is 14.1 Å². The number of hydrogen-bond acceptors (Lipinski definition) is 5. The predicted octanol–water partition coefficient (Wildman–Crippen LogP) is 0.749. The van der Waals surface area contributed by atoms with Crippen LogP contribution >= 0.6 is 11.3 Å². The number of aromatic amines is 1. The van der Waals surface area contributed by atoms with Crippen molar-refractivity contribution < 1.29 is 9.90 Å². The third-order valence-corrected chi connectivity index (χ3v) is 3.16. The van der Waals surface area contributed by atoms with E-state index in [-0.39, 0.29) is 5.56 Å². The zero-order chi connectivity index (χ0) is 11.9. The van der Waals surface area contributed by atoms with Crippen LogP contribution in [0.15, 0.2) is 10.9 Å². The highest BCUT2D eigenvalue weighted by Gasteiger charge is 2.13. The number of carbonyl (C=O) groups is 1. The molecule has 0 radical (unpaired) electrons. The van der Waals surface area contributed by atoms with Gasteiger partial charge in [-0.2, -0.15) is 0 Å². The molecular weight excluding hydrogens is 230 g/mol. The topological polar surface area (TPSA) is 86.3 Å². The van der Waals surface area contributed by atoms with E-state index >= 15 is 0 Å². The van der Waals surface area contributed by atoms with Gasteiger partial charge in [0.15, 0.2) is 5.13 Å². The minimum atomic E-state index is -1.25. The average molecular weight is 239 g/mol. The number of hydrogen-bond donors (Lipinski definition) is 2. The van der Waals surface area contributed by atoms with Crippen molar-refractivity contribution in [1.82, 2.24) is 9.97 Å². The summed E-state index contributed by atoms with van der Waals surface area (Å²) in [4.78, 5) is 31.2. The fourth-order valence-corrected chi connectivity index (χ4v) is 2.09. The second-order valence-electron chi connectivity index (χ2n) is 3.42. The number of H-pyrrole nitrogens is 1. The first-order chi connectivity index (χ1) is 7.49. The van der Waals surface area contributed by atoms with Gasteiger partial charge in [0.2, 0.25) is 0 Å². The molecule has 0 fully saturated rings. The Morgan fingerprint density at radius 3 is 2.81 bits per heavy atom. The number of carboxylic acids is 1. The molecule has 0 atom stereocenters. The molecule has 7 heteroatoms. The van der Waals surface area contributed by atoms with Gasteiger partial charge in [-0.3, -0.25) is 4.79 Å². The summed E-state index contributed by atoms with van der Waals surface area (Å²) in [6.07, 6.45) is 0. The Balaban J connectivity index is 2.70. The summed E-state index contributed by atoms with van der Waals surface area (Å²) in [5.74, 6) is -1.25. The zero-order valence-corrected chi connectivity index (χ0v) is 9.46. The molecule has 2 aromatic heterocycles. The van der Waals surface area contributed by atoms with Crippen molar-refractivity contribution >= 4 is 32.8 Å². The van der Waals surface area contributed by atoms with Crippen LogP contribution in [0.25, 0.3) is 10.3 Å². The number of pyridine rings is 1. The lowest BCUT2D eigenvalue weighted by atomic mass is 10.3. The fourth-order valence-electron chi connectivity index (χ4n) is 1.23. The molecule has 0 bridgehead atoms. The van der Waals surface area contributed by atoms with Crippen LogP contribution in [0.5, 0.6) is 0 Å². The summed E-state index contributed by atoms with van der Waals surface area (Å²) in [5, 5.41) is 9.50. The molecule has 0 amide bonds. The van der Waals surface area contributed by atoms with Crippen molar-refractivity contribution in [3.8, 4) is 0 Å². The number of rotatable bonds is 2. The Morgan fingerprint density at radius 2 is 2.25 bits per heavy atom. The quantitative estimate of drug-likeness (QED) is 0.807. The standard InChI is InChI=1S/C9H9N3O3S/c1-12(2)9-10-5-3-4(8(14)15)6(13)11-7(5)16-9/h3H,1-2H3,(H,11,13)(H,14,15). The fraction of sp³-hybridized carbons (Fsp3) is 0.222. The first kappa shape index (κ1) is 10.6. The highest BCUT2D eigenvalue weighted by Crippen LogP contribution is 2.25. The number of thiazole rings is 1. The number of nitrogens with one attached hydrogen (secondary N) is 1. The highest BCUT2D eigenvalue weighted by molar-refractivity contribution is 7.21. The molecule has 16 heavy (non-hydrogen) atoms. The van der Waals surface area contributed by atoms with Crippen LogP contribution in [-0.2, 0) is 0 Å². The lowest BCUT2D eigenvalue weighted by molar-refractivity contribution is 0.0695. The maximum absolute atomic E-state index is 11.4. The molecule has 0 saturated carbocycles. The van der Waals surface area contributed by atoms with Crippen LogP contribution in [0.4, 0.5) is 5.13 Å². The Hall–Kier alpha value is -1.89. The molecule has 2 rings (SSSR count). The van der Waals surface area contributed by atoms with Crippen molar-refractivity contribution in [2.75, 3.05) is 19.0 Å². The number of aromatic carboxylic acids is 1. The van der Waals surface area contributed by atoms with Gasteiger partial charge in [-0.1, -0.05) is 11.3 Å². The van der Waals surface area contributed by atoms with E-state index in [1.54, 1.807) is 4.90 Å². The number of aromatic nitrogens is 2. The molecule has 0 aliphatic carbocycles. The molecule has 0 spiro atoms. The second-order valence-corrected chi connectivity index (χ2v) is 4.40. The van der Waals surface area contributed by atoms with E-state index in [0.717, 1.165) is 0 Å². The molecule has 0 unspecified atom stereocenters. The van der Waals surface area contributed by atoms with Crippen LogP contribution < -0.4 is 10.5 Å². The van der Waals surface area contributed by atoms with Crippen molar-refractivity contribution in [3.05, 3.63) is 22.0 Å². The molecule has 0 aliphatic heterocycles. The first-order valence-electron chi connectivity index (χ1n) is 4.43. The lowest BCUT2D eigenvalue weighted by Crippen LogP contribution is -2.16. The Kier molecular flexibility index (Phi) is 2.39. The van der Waals surface area contributed by atoms with E-state index in [9.17, 15) is 9.59 Å². The van der Waals surface area contributed by atoms with Gasteiger partial charge < -0.3 is 15.0 Å². The smallest absolute Gasteiger partial charge is 0.341 e. The van der Waals surface area contributed by atoms with E-state index in [2.05, 4.69) is 9.97 Å². The van der Waals surface area contributed by atoms with Crippen LogP contribution in [0.1, 0.15) is 10.4 Å². The number of nitrogens with zero attached hydrogens (tertiary/aromatic N) is 2. The predicted molar refractivity (Wildman–Crippen MR) is 61.5 cm³/mol. The average Bonchev–Trinajstić information content (AvgIpc) is 2.58. The van der Waals surface area contributed by atoms with Gasteiger partial charge in [0.25, 0.3) is 5.56 Å². The van der Waals surface area contributed by atoms with Gasteiger partial charge in [0.1, 0.15) is 15.9 Å². The Bertz CT molecular complexity index is 614. The molecule has 2 N–H and O–H groups in total. The van der Waals surface area contributed by atoms with Gasteiger partial charge in [0.05, 0.1) is 0 Å². The molecule has 6 nitrogen and oxygen atoms in total. The van der Waals surface area contributed by atoms with Crippen molar-refractivity contribution in [3.63, 3.8) is 0 Å². The third-order valence-electron chi connectivity index (χ3n) is 2.01. The largest absolute Gasteiger partial charge is 0.477 e. The summed E-state index contributed by atoms with van der Waals surface area (Å²) >= 11 is 1.31. The monoisotopic (exact) mass is 239 g/mol. The SMILES string of the molecule is CN(C)c1nc2cc(C(=O)O)c(=O)[nH]c2s1. The Labute approximate surface area is 94.2 Å². The molecule has 2 heterocycles. The van der Waals surface area contributed by atoms with Crippen molar-refractivity contribution in [2.45, 2.75) is 0 Å². The number of anilines is 1. The maximum Gasteiger partial charge on any atom is 0.341 e. The summed E-state index contributed by atoms with van der Waals surface area (Å²) < 4.78 is 0. The van der Waals surface area contributed by atoms with E-state index in [0.29, 0.717) is 15.5 Å². The minimum absolute atomic E-state index is 0.289.